The largest absolute Gasteiger partial charge is 0.390 e. The quantitative estimate of drug-likeness (QED) is 0.891. The van der Waals surface area contributed by atoms with Gasteiger partial charge in [-0.2, -0.15) is 0 Å². The molecule has 3 nitrogen and oxygen atoms in total. The maximum Gasteiger partial charge on any atom is 0.0868 e. The van der Waals surface area contributed by atoms with Gasteiger partial charge in [-0.3, -0.25) is 4.90 Å². The summed E-state index contributed by atoms with van der Waals surface area (Å²) in [4.78, 5) is 2.32. The van der Waals surface area contributed by atoms with Crippen molar-refractivity contribution >= 4 is 6.08 Å². The molecule has 0 amide bonds. The highest BCUT2D eigenvalue weighted by Gasteiger charge is 2.26. The Morgan fingerprint density at radius 2 is 1.74 bits per heavy atom. The van der Waals surface area contributed by atoms with Crippen LogP contribution in [0, 0.1) is 0 Å². The van der Waals surface area contributed by atoms with Crippen LogP contribution in [0.25, 0.3) is 6.08 Å². The third kappa shape index (κ3) is 4.68. The fourth-order valence-electron chi connectivity index (χ4n) is 3.01. The third-order valence-corrected chi connectivity index (χ3v) is 4.30. The van der Waals surface area contributed by atoms with Crippen molar-refractivity contribution in [1.29, 1.82) is 0 Å². The van der Waals surface area contributed by atoms with Gasteiger partial charge in [0, 0.05) is 19.6 Å². The van der Waals surface area contributed by atoms with Crippen molar-refractivity contribution in [2.45, 2.75) is 25.1 Å². The predicted molar refractivity (Wildman–Crippen MR) is 94.7 cm³/mol. The van der Waals surface area contributed by atoms with E-state index in [9.17, 15) is 5.11 Å². The van der Waals surface area contributed by atoms with E-state index >= 15 is 0 Å². The summed E-state index contributed by atoms with van der Waals surface area (Å²) in [5, 5.41) is 13.7. The second-order valence-corrected chi connectivity index (χ2v) is 6.09. The SMILES string of the molecule is OC1CN(Cc2ccccc2)CCC1NC=Cc1ccccc1. The minimum atomic E-state index is -0.340. The van der Waals surface area contributed by atoms with E-state index in [0.29, 0.717) is 6.54 Å². The van der Waals surface area contributed by atoms with Gasteiger partial charge >= 0.3 is 0 Å². The number of piperidine rings is 1. The molecule has 1 saturated heterocycles. The van der Waals surface area contributed by atoms with Crippen LogP contribution in [-0.4, -0.2) is 35.2 Å². The molecule has 2 N–H and O–H groups in total. The van der Waals surface area contributed by atoms with E-state index in [1.54, 1.807) is 0 Å². The summed E-state index contributed by atoms with van der Waals surface area (Å²) < 4.78 is 0. The van der Waals surface area contributed by atoms with Crippen LogP contribution < -0.4 is 5.32 Å². The molecule has 2 aromatic carbocycles. The fraction of sp³-hybridized carbons (Fsp3) is 0.300. The Hall–Kier alpha value is -2.10. The molecule has 1 fully saturated rings. The molecule has 0 spiro atoms. The highest BCUT2D eigenvalue weighted by atomic mass is 16.3. The number of rotatable bonds is 5. The van der Waals surface area contributed by atoms with Crippen LogP contribution in [0.4, 0.5) is 0 Å². The number of hydrogen-bond acceptors (Lipinski definition) is 3. The van der Waals surface area contributed by atoms with Gasteiger partial charge in [0.2, 0.25) is 0 Å². The van der Waals surface area contributed by atoms with Gasteiger partial charge < -0.3 is 10.4 Å². The van der Waals surface area contributed by atoms with Crippen molar-refractivity contribution in [2.75, 3.05) is 13.1 Å². The molecular weight excluding hydrogens is 284 g/mol. The van der Waals surface area contributed by atoms with Crippen LogP contribution in [0.1, 0.15) is 17.5 Å². The molecule has 0 radical (unpaired) electrons. The molecule has 2 atom stereocenters. The van der Waals surface area contributed by atoms with Gasteiger partial charge in [-0.25, -0.2) is 0 Å². The summed E-state index contributed by atoms with van der Waals surface area (Å²) in [6.07, 6.45) is 4.61. The first-order chi connectivity index (χ1) is 11.3. The Morgan fingerprint density at radius 1 is 1.04 bits per heavy atom. The number of aliphatic hydroxyl groups is 1. The van der Waals surface area contributed by atoms with Crippen LogP contribution in [0.3, 0.4) is 0 Å². The minimum absolute atomic E-state index is 0.127. The van der Waals surface area contributed by atoms with Crippen molar-refractivity contribution in [3.63, 3.8) is 0 Å². The third-order valence-electron chi connectivity index (χ3n) is 4.30. The predicted octanol–water partition coefficient (Wildman–Crippen LogP) is 2.88. The molecule has 120 valence electrons. The van der Waals surface area contributed by atoms with Gasteiger partial charge in [-0.15, -0.1) is 0 Å². The molecular formula is C20H24N2O. The lowest BCUT2D eigenvalue weighted by Crippen LogP contribution is -2.51. The second kappa shape index (κ2) is 7.95. The second-order valence-electron chi connectivity index (χ2n) is 6.09. The van der Waals surface area contributed by atoms with Crippen LogP contribution in [-0.2, 0) is 6.54 Å². The van der Waals surface area contributed by atoms with Crippen molar-refractivity contribution in [2.24, 2.45) is 0 Å². The molecule has 2 aromatic rings. The Morgan fingerprint density at radius 3 is 2.43 bits per heavy atom. The first-order valence-electron chi connectivity index (χ1n) is 8.23. The van der Waals surface area contributed by atoms with Gasteiger partial charge in [-0.1, -0.05) is 60.7 Å². The monoisotopic (exact) mass is 308 g/mol. The van der Waals surface area contributed by atoms with E-state index in [1.165, 1.54) is 5.56 Å². The van der Waals surface area contributed by atoms with Crippen LogP contribution in [0.5, 0.6) is 0 Å². The molecule has 2 unspecified atom stereocenters. The average Bonchev–Trinajstić information content (AvgIpc) is 2.59. The van der Waals surface area contributed by atoms with Gasteiger partial charge in [0.25, 0.3) is 0 Å². The molecule has 0 aliphatic carbocycles. The van der Waals surface area contributed by atoms with E-state index in [4.69, 9.17) is 0 Å². The Labute approximate surface area is 138 Å². The maximum atomic E-state index is 10.4. The molecule has 0 aromatic heterocycles. The van der Waals surface area contributed by atoms with Gasteiger partial charge in [-0.05, 0) is 29.8 Å². The lowest BCUT2D eigenvalue weighted by atomic mass is 10.0. The van der Waals surface area contributed by atoms with E-state index in [-0.39, 0.29) is 12.1 Å². The van der Waals surface area contributed by atoms with Crippen molar-refractivity contribution < 1.29 is 5.11 Å². The first kappa shape index (κ1) is 15.8. The zero-order chi connectivity index (χ0) is 15.9. The van der Waals surface area contributed by atoms with Crippen molar-refractivity contribution in [3.05, 3.63) is 78.0 Å². The molecule has 0 saturated carbocycles. The molecule has 1 aliphatic heterocycles. The molecule has 23 heavy (non-hydrogen) atoms. The fourth-order valence-corrected chi connectivity index (χ4v) is 3.01. The van der Waals surface area contributed by atoms with Gasteiger partial charge in [0.05, 0.1) is 12.1 Å². The molecule has 3 heteroatoms. The van der Waals surface area contributed by atoms with Crippen LogP contribution in [0.2, 0.25) is 0 Å². The normalized spacial score (nSPS) is 22.3. The number of nitrogens with zero attached hydrogens (tertiary/aromatic N) is 1. The molecule has 0 bridgehead atoms. The van der Waals surface area contributed by atoms with Crippen LogP contribution >= 0.6 is 0 Å². The van der Waals surface area contributed by atoms with Crippen LogP contribution in [0.15, 0.2) is 66.9 Å². The van der Waals surface area contributed by atoms with E-state index in [2.05, 4.69) is 46.6 Å². The van der Waals surface area contributed by atoms with E-state index in [1.807, 2.05) is 36.5 Å². The summed E-state index contributed by atoms with van der Waals surface area (Å²) in [5.74, 6) is 0. The van der Waals surface area contributed by atoms with E-state index < -0.39 is 0 Å². The maximum absolute atomic E-state index is 10.4. The topological polar surface area (TPSA) is 35.5 Å². The van der Waals surface area contributed by atoms with Crippen molar-refractivity contribution in [3.8, 4) is 0 Å². The number of likely N-dealkylation sites (tertiary alicyclic amines) is 1. The Balaban J connectivity index is 1.48. The summed E-state index contributed by atoms with van der Waals surface area (Å²) in [5.41, 5.74) is 2.46. The van der Waals surface area contributed by atoms with E-state index in [0.717, 1.165) is 25.1 Å². The number of nitrogens with one attached hydrogen (secondary N) is 1. The number of aliphatic hydroxyl groups excluding tert-OH is 1. The summed E-state index contributed by atoms with van der Waals surface area (Å²) in [7, 11) is 0. The number of β-amino-alcohol motifs (C(OH)–C–C–N with tert-alkyl or cyclic N) is 1. The highest BCUT2D eigenvalue weighted by molar-refractivity contribution is 5.48. The standard InChI is InChI=1S/C20H24N2O/c23-20-16-22(15-18-9-5-2-6-10-18)14-12-19(20)21-13-11-17-7-3-1-4-8-17/h1-11,13,19-21,23H,12,14-16H2. The molecule has 1 aliphatic rings. The summed E-state index contributed by atoms with van der Waals surface area (Å²) in [6, 6.07) is 20.8. The lowest BCUT2D eigenvalue weighted by Gasteiger charge is -2.36. The molecule has 3 rings (SSSR count). The first-order valence-corrected chi connectivity index (χ1v) is 8.23. The Kier molecular flexibility index (Phi) is 5.46. The molecule has 1 heterocycles. The summed E-state index contributed by atoms with van der Waals surface area (Å²) in [6.45, 7) is 2.62. The zero-order valence-electron chi connectivity index (χ0n) is 13.3. The number of benzene rings is 2. The van der Waals surface area contributed by atoms with Gasteiger partial charge in [0.15, 0.2) is 0 Å². The minimum Gasteiger partial charge on any atom is -0.390 e. The van der Waals surface area contributed by atoms with Crippen molar-refractivity contribution in [1.82, 2.24) is 10.2 Å². The lowest BCUT2D eigenvalue weighted by molar-refractivity contribution is 0.0417. The number of hydrogen-bond donors (Lipinski definition) is 2. The summed E-state index contributed by atoms with van der Waals surface area (Å²) >= 11 is 0. The smallest absolute Gasteiger partial charge is 0.0868 e. The highest BCUT2D eigenvalue weighted by Crippen LogP contribution is 2.14. The zero-order valence-corrected chi connectivity index (χ0v) is 13.3. The average molecular weight is 308 g/mol. The Bertz CT molecular complexity index is 612. The van der Waals surface area contributed by atoms with Gasteiger partial charge in [0.1, 0.15) is 0 Å².